The van der Waals surface area contributed by atoms with Gasteiger partial charge in [-0.05, 0) is 74.2 Å². The number of ether oxygens (including phenoxy) is 1. The monoisotopic (exact) mass is 465 g/mol. The van der Waals surface area contributed by atoms with Gasteiger partial charge in [0.1, 0.15) is 5.75 Å². The Labute approximate surface area is 194 Å². The summed E-state index contributed by atoms with van der Waals surface area (Å²) < 4.78 is 33.9. The van der Waals surface area contributed by atoms with Crippen LogP contribution in [0.15, 0.2) is 65.7 Å². The lowest BCUT2D eigenvalue weighted by Crippen LogP contribution is -2.32. The molecule has 1 heterocycles. The molecule has 0 aliphatic heterocycles. The maximum Gasteiger partial charge on any atom is 0.262 e. The third-order valence-electron chi connectivity index (χ3n) is 5.65. The maximum atomic E-state index is 12.8. The SMILES string of the molecule is Cc1ccc(C)c(S(=O)(=O)Nc2ccc(Oc3ccc(C(=O)NC4CCCC4)cn3)cc2)c1. The van der Waals surface area contributed by atoms with Crippen molar-refractivity contribution in [2.75, 3.05) is 4.72 Å². The molecule has 1 aliphatic carbocycles. The van der Waals surface area contributed by atoms with E-state index in [0.717, 1.165) is 31.2 Å². The summed E-state index contributed by atoms with van der Waals surface area (Å²) in [6.45, 7) is 3.62. The zero-order chi connectivity index (χ0) is 23.4. The number of hydrogen-bond donors (Lipinski definition) is 2. The molecule has 2 aromatic carbocycles. The Bertz CT molecular complexity index is 1230. The zero-order valence-electron chi connectivity index (χ0n) is 18.7. The zero-order valence-corrected chi connectivity index (χ0v) is 19.5. The van der Waals surface area contributed by atoms with Gasteiger partial charge in [0, 0.05) is 24.0 Å². The minimum Gasteiger partial charge on any atom is -0.439 e. The number of benzene rings is 2. The van der Waals surface area contributed by atoms with E-state index in [1.165, 1.54) is 6.20 Å². The molecule has 4 rings (SSSR count). The van der Waals surface area contributed by atoms with Gasteiger partial charge in [0.05, 0.1) is 10.5 Å². The average Bonchev–Trinajstić information content (AvgIpc) is 3.30. The van der Waals surface area contributed by atoms with E-state index >= 15 is 0 Å². The van der Waals surface area contributed by atoms with Crippen molar-refractivity contribution in [3.8, 4) is 11.6 Å². The molecular formula is C25H27N3O4S. The second kappa shape index (κ2) is 9.62. The number of nitrogens with one attached hydrogen (secondary N) is 2. The Morgan fingerprint density at radius 2 is 1.73 bits per heavy atom. The van der Waals surface area contributed by atoms with Crippen molar-refractivity contribution >= 4 is 21.6 Å². The number of carbonyl (C=O) groups excluding carboxylic acids is 1. The Morgan fingerprint density at radius 1 is 1.00 bits per heavy atom. The third-order valence-corrected chi connectivity index (χ3v) is 7.17. The summed E-state index contributed by atoms with van der Waals surface area (Å²) in [7, 11) is -3.70. The van der Waals surface area contributed by atoms with Crippen molar-refractivity contribution in [2.24, 2.45) is 0 Å². The number of amides is 1. The highest BCUT2D eigenvalue weighted by molar-refractivity contribution is 7.92. The van der Waals surface area contributed by atoms with Crippen LogP contribution in [-0.2, 0) is 10.0 Å². The van der Waals surface area contributed by atoms with Crippen molar-refractivity contribution in [1.82, 2.24) is 10.3 Å². The molecular weight excluding hydrogens is 438 g/mol. The first-order valence-corrected chi connectivity index (χ1v) is 12.4. The molecule has 1 saturated carbocycles. The van der Waals surface area contributed by atoms with E-state index in [1.807, 2.05) is 13.0 Å². The van der Waals surface area contributed by atoms with Crippen molar-refractivity contribution < 1.29 is 17.9 Å². The van der Waals surface area contributed by atoms with Gasteiger partial charge in [-0.2, -0.15) is 0 Å². The van der Waals surface area contributed by atoms with Crippen molar-refractivity contribution in [3.63, 3.8) is 0 Å². The number of anilines is 1. The summed E-state index contributed by atoms with van der Waals surface area (Å²) in [6, 6.07) is 15.5. The molecule has 0 radical (unpaired) electrons. The summed E-state index contributed by atoms with van der Waals surface area (Å²) in [5.74, 6) is 0.720. The second-order valence-electron chi connectivity index (χ2n) is 8.34. The lowest BCUT2D eigenvalue weighted by molar-refractivity contribution is 0.0937. The van der Waals surface area contributed by atoms with Gasteiger partial charge in [-0.25, -0.2) is 13.4 Å². The average molecular weight is 466 g/mol. The highest BCUT2D eigenvalue weighted by atomic mass is 32.2. The number of hydrogen-bond acceptors (Lipinski definition) is 5. The van der Waals surface area contributed by atoms with Crippen LogP contribution in [0.2, 0.25) is 0 Å². The fourth-order valence-corrected chi connectivity index (χ4v) is 5.22. The Morgan fingerprint density at radius 3 is 2.39 bits per heavy atom. The first-order valence-electron chi connectivity index (χ1n) is 10.9. The number of pyridine rings is 1. The molecule has 1 amide bonds. The first-order chi connectivity index (χ1) is 15.8. The maximum absolute atomic E-state index is 12.8. The third kappa shape index (κ3) is 5.70. The van der Waals surface area contributed by atoms with E-state index in [0.29, 0.717) is 28.4 Å². The minimum atomic E-state index is -3.70. The molecule has 3 aromatic rings. The molecule has 1 fully saturated rings. The summed E-state index contributed by atoms with van der Waals surface area (Å²) >= 11 is 0. The van der Waals surface area contributed by atoms with Gasteiger partial charge in [0.2, 0.25) is 5.88 Å². The predicted octanol–water partition coefficient (Wildman–Crippen LogP) is 4.96. The van der Waals surface area contributed by atoms with Gasteiger partial charge in [-0.1, -0.05) is 25.0 Å². The summed E-state index contributed by atoms with van der Waals surface area (Å²) in [4.78, 5) is 16.8. The standard InChI is InChI=1S/C25H27N3O4S/c1-17-7-8-18(2)23(15-17)33(30,31)28-21-10-12-22(13-11-21)32-24-14-9-19(16-26-24)25(29)27-20-5-3-4-6-20/h7-16,20,28H,3-6H2,1-2H3,(H,27,29). The van der Waals surface area contributed by atoms with Gasteiger partial charge < -0.3 is 10.1 Å². The second-order valence-corrected chi connectivity index (χ2v) is 9.99. The number of rotatable bonds is 7. The molecule has 0 atom stereocenters. The van der Waals surface area contributed by atoms with Crippen molar-refractivity contribution in [2.45, 2.75) is 50.5 Å². The number of sulfonamides is 1. The Kier molecular flexibility index (Phi) is 6.65. The molecule has 1 aromatic heterocycles. The van der Waals surface area contributed by atoms with Crippen molar-refractivity contribution in [1.29, 1.82) is 0 Å². The quantitative estimate of drug-likeness (QED) is 0.514. The summed E-state index contributed by atoms with van der Waals surface area (Å²) in [5.41, 5.74) is 2.47. The predicted molar refractivity (Wildman–Crippen MR) is 127 cm³/mol. The molecule has 172 valence electrons. The molecule has 1 aliphatic rings. The molecule has 7 nitrogen and oxygen atoms in total. The lowest BCUT2D eigenvalue weighted by atomic mass is 10.2. The van der Waals surface area contributed by atoms with E-state index in [9.17, 15) is 13.2 Å². The van der Waals surface area contributed by atoms with Gasteiger partial charge in [-0.3, -0.25) is 9.52 Å². The first kappa shape index (κ1) is 22.8. The highest BCUT2D eigenvalue weighted by Crippen LogP contribution is 2.25. The van der Waals surface area contributed by atoms with Crippen LogP contribution in [0.1, 0.15) is 47.2 Å². The van der Waals surface area contributed by atoms with Crippen molar-refractivity contribution in [3.05, 3.63) is 77.5 Å². The van der Waals surface area contributed by atoms with E-state index in [-0.39, 0.29) is 16.8 Å². The Hall–Kier alpha value is -3.39. The van der Waals surface area contributed by atoms with Crippen LogP contribution < -0.4 is 14.8 Å². The fourth-order valence-electron chi connectivity index (χ4n) is 3.83. The number of nitrogens with zero attached hydrogens (tertiary/aromatic N) is 1. The highest BCUT2D eigenvalue weighted by Gasteiger charge is 2.19. The van der Waals surface area contributed by atoms with Crippen LogP contribution in [0.4, 0.5) is 5.69 Å². The van der Waals surface area contributed by atoms with Crippen LogP contribution >= 0.6 is 0 Å². The molecule has 0 unspecified atom stereocenters. The van der Waals surface area contributed by atoms with Crippen LogP contribution in [0, 0.1) is 13.8 Å². The largest absolute Gasteiger partial charge is 0.439 e. The fraction of sp³-hybridized carbons (Fsp3) is 0.280. The van der Waals surface area contributed by atoms with Crippen LogP contribution in [-0.4, -0.2) is 25.4 Å². The molecule has 2 N–H and O–H groups in total. The van der Waals surface area contributed by atoms with E-state index in [4.69, 9.17) is 4.74 Å². The van der Waals surface area contributed by atoms with Crippen LogP contribution in [0.25, 0.3) is 0 Å². The van der Waals surface area contributed by atoms with Gasteiger partial charge in [-0.15, -0.1) is 0 Å². The normalized spacial score (nSPS) is 14.1. The van der Waals surface area contributed by atoms with Gasteiger partial charge in [0.25, 0.3) is 15.9 Å². The topological polar surface area (TPSA) is 97.4 Å². The number of aromatic nitrogens is 1. The molecule has 0 spiro atoms. The Balaban J connectivity index is 1.38. The lowest BCUT2D eigenvalue weighted by Gasteiger charge is -2.12. The molecule has 8 heteroatoms. The van der Waals surface area contributed by atoms with Gasteiger partial charge >= 0.3 is 0 Å². The van der Waals surface area contributed by atoms with Crippen LogP contribution in [0.3, 0.4) is 0 Å². The molecule has 0 bridgehead atoms. The van der Waals surface area contributed by atoms with Gasteiger partial charge in [0.15, 0.2) is 0 Å². The molecule has 33 heavy (non-hydrogen) atoms. The summed E-state index contributed by atoms with van der Waals surface area (Å²) in [6.07, 6.45) is 5.85. The molecule has 0 saturated heterocycles. The minimum absolute atomic E-state index is 0.124. The summed E-state index contributed by atoms with van der Waals surface area (Å²) in [5, 5.41) is 3.03. The number of aryl methyl sites for hydroxylation is 2. The van der Waals surface area contributed by atoms with E-state index in [1.54, 1.807) is 55.5 Å². The van der Waals surface area contributed by atoms with Crippen LogP contribution in [0.5, 0.6) is 11.6 Å². The van der Waals surface area contributed by atoms with E-state index < -0.39 is 10.0 Å². The smallest absolute Gasteiger partial charge is 0.262 e. The van der Waals surface area contributed by atoms with E-state index in [2.05, 4.69) is 15.0 Å². The number of carbonyl (C=O) groups is 1.